The van der Waals surface area contributed by atoms with Crippen molar-refractivity contribution in [2.45, 2.75) is 32.2 Å². The lowest BCUT2D eigenvalue weighted by Crippen LogP contribution is -2.32. The number of nitrogens with zero attached hydrogens (tertiary/aromatic N) is 4. The molecule has 1 aliphatic rings. The minimum absolute atomic E-state index is 0.165. The molecule has 1 aliphatic heterocycles. The van der Waals surface area contributed by atoms with Gasteiger partial charge in [-0.25, -0.2) is 0 Å². The maximum atomic E-state index is 13.0. The summed E-state index contributed by atoms with van der Waals surface area (Å²) in [6, 6.07) is 5.30. The molecule has 2 N–H and O–H groups in total. The fourth-order valence-corrected chi connectivity index (χ4v) is 3.46. The highest BCUT2D eigenvalue weighted by molar-refractivity contribution is 6.11. The number of aromatic nitrogens is 5. The molecule has 4 rings (SSSR count). The highest BCUT2D eigenvalue weighted by Crippen LogP contribution is 2.46. The van der Waals surface area contributed by atoms with Gasteiger partial charge in [0.1, 0.15) is 11.3 Å². The van der Waals surface area contributed by atoms with Crippen LogP contribution in [0.2, 0.25) is 0 Å². The van der Waals surface area contributed by atoms with E-state index in [2.05, 4.69) is 20.6 Å². The van der Waals surface area contributed by atoms with E-state index in [-0.39, 0.29) is 28.6 Å². The molecule has 122 valence electrons. The van der Waals surface area contributed by atoms with Crippen molar-refractivity contribution in [2.75, 3.05) is 0 Å². The number of carbonyl (C=O) groups is 1. The third-order valence-electron chi connectivity index (χ3n) is 5.10. The molecule has 3 aromatic rings. The predicted molar refractivity (Wildman–Crippen MR) is 85.2 cm³/mol. The van der Waals surface area contributed by atoms with Crippen LogP contribution in [0, 0.1) is 0 Å². The number of rotatable bonds is 2. The second-order valence-electron chi connectivity index (χ2n) is 6.56. The van der Waals surface area contributed by atoms with Gasteiger partial charge in [0, 0.05) is 16.8 Å². The van der Waals surface area contributed by atoms with Gasteiger partial charge in [-0.2, -0.15) is 5.21 Å². The number of ketones is 1. The molecule has 0 fully saturated rings. The van der Waals surface area contributed by atoms with E-state index in [0.717, 1.165) is 5.56 Å². The van der Waals surface area contributed by atoms with Crippen molar-refractivity contribution < 1.29 is 9.90 Å². The van der Waals surface area contributed by atoms with Crippen LogP contribution >= 0.6 is 0 Å². The number of hydrogen-bond donors (Lipinski definition) is 2. The first-order valence-corrected chi connectivity index (χ1v) is 7.54. The molecule has 8 nitrogen and oxygen atoms in total. The zero-order valence-corrected chi connectivity index (χ0v) is 13.4. The number of pyridine rings is 1. The van der Waals surface area contributed by atoms with Crippen LogP contribution < -0.4 is 5.56 Å². The molecule has 1 aromatic carbocycles. The molecule has 0 radical (unpaired) electrons. The summed E-state index contributed by atoms with van der Waals surface area (Å²) in [6.07, 6.45) is 0. The Kier molecular flexibility index (Phi) is 2.73. The Morgan fingerprint density at radius 3 is 2.79 bits per heavy atom. The fourth-order valence-electron chi connectivity index (χ4n) is 3.46. The van der Waals surface area contributed by atoms with Crippen LogP contribution in [0.15, 0.2) is 23.0 Å². The van der Waals surface area contributed by atoms with Crippen LogP contribution in [0.3, 0.4) is 0 Å². The Balaban J connectivity index is 2.13. The van der Waals surface area contributed by atoms with Crippen molar-refractivity contribution in [3.8, 4) is 5.75 Å². The molecule has 0 amide bonds. The molecule has 0 saturated heterocycles. The number of aromatic amines is 1. The van der Waals surface area contributed by atoms with Gasteiger partial charge >= 0.3 is 0 Å². The second-order valence-corrected chi connectivity index (χ2v) is 6.56. The Labute approximate surface area is 136 Å². The standard InChI is InChI=1S/C16H15N5O3/c1-7-16(2,3)9-6-4-5-8-11(9)21(7)15(24)10(12(8)22)13(23)14-17-19-20-18-14/h4-7,22H,1-3H3,(H,17,18,19,20). The highest BCUT2D eigenvalue weighted by atomic mass is 16.3. The van der Waals surface area contributed by atoms with Crippen LogP contribution in [0.25, 0.3) is 10.9 Å². The van der Waals surface area contributed by atoms with Crippen molar-refractivity contribution in [1.29, 1.82) is 0 Å². The van der Waals surface area contributed by atoms with Gasteiger partial charge in [-0.1, -0.05) is 26.0 Å². The number of carbonyl (C=O) groups excluding carboxylic acids is 1. The Hall–Kier alpha value is -3.03. The maximum absolute atomic E-state index is 13.0. The first kappa shape index (κ1) is 14.6. The smallest absolute Gasteiger partial charge is 0.266 e. The Morgan fingerprint density at radius 1 is 1.38 bits per heavy atom. The van der Waals surface area contributed by atoms with Gasteiger partial charge in [0.25, 0.3) is 5.56 Å². The van der Waals surface area contributed by atoms with Crippen LogP contribution in [-0.2, 0) is 5.41 Å². The van der Waals surface area contributed by atoms with Crippen LogP contribution in [0.5, 0.6) is 5.75 Å². The van der Waals surface area contributed by atoms with Crippen LogP contribution in [-0.4, -0.2) is 36.1 Å². The molecule has 1 unspecified atom stereocenters. The van der Waals surface area contributed by atoms with Crippen molar-refractivity contribution in [2.24, 2.45) is 0 Å². The van der Waals surface area contributed by atoms with Gasteiger partial charge in [0.05, 0.1) is 5.52 Å². The molecule has 0 bridgehead atoms. The maximum Gasteiger partial charge on any atom is 0.266 e. The summed E-state index contributed by atoms with van der Waals surface area (Å²) in [5.41, 5.74) is 0.470. The summed E-state index contributed by atoms with van der Waals surface area (Å²) < 4.78 is 1.58. The van der Waals surface area contributed by atoms with E-state index in [1.54, 1.807) is 10.6 Å². The molecule has 0 spiro atoms. The molecule has 0 aliphatic carbocycles. The normalized spacial score (nSPS) is 18.2. The van der Waals surface area contributed by atoms with E-state index < -0.39 is 11.3 Å². The summed E-state index contributed by atoms with van der Waals surface area (Å²) in [5.74, 6) is -1.34. The van der Waals surface area contributed by atoms with Gasteiger partial charge in [-0.15, -0.1) is 10.2 Å². The number of tetrazole rings is 1. The number of nitrogens with one attached hydrogen (secondary N) is 1. The minimum Gasteiger partial charge on any atom is -0.506 e. The van der Waals surface area contributed by atoms with Gasteiger partial charge in [-0.3, -0.25) is 9.59 Å². The number of H-pyrrole nitrogens is 1. The first-order valence-electron chi connectivity index (χ1n) is 7.54. The van der Waals surface area contributed by atoms with Crippen LogP contribution in [0.4, 0.5) is 0 Å². The Morgan fingerprint density at radius 2 is 2.12 bits per heavy atom. The number of para-hydroxylation sites is 1. The SMILES string of the molecule is CC1n2c(=O)c(C(=O)c3nn[nH]n3)c(O)c3cccc(c32)C1(C)C. The summed E-state index contributed by atoms with van der Waals surface area (Å²) >= 11 is 0. The lowest BCUT2D eigenvalue weighted by atomic mass is 9.81. The van der Waals surface area contributed by atoms with Crippen molar-refractivity contribution >= 4 is 16.7 Å². The van der Waals surface area contributed by atoms with Gasteiger partial charge in [0.2, 0.25) is 11.6 Å². The number of hydrogen-bond acceptors (Lipinski definition) is 6. The monoisotopic (exact) mass is 325 g/mol. The van der Waals surface area contributed by atoms with Crippen molar-refractivity contribution in [3.63, 3.8) is 0 Å². The quantitative estimate of drug-likeness (QED) is 0.687. The summed E-state index contributed by atoms with van der Waals surface area (Å²) in [7, 11) is 0. The molecular weight excluding hydrogens is 310 g/mol. The van der Waals surface area contributed by atoms with Crippen molar-refractivity contribution in [1.82, 2.24) is 25.2 Å². The molecule has 2 aromatic heterocycles. The van der Waals surface area contributed by atoms with Gasteiger partial charge in [0.15, 0.2) is 0 Å². The average molecular weight is 325 g/mol. The first-order chi connectivity index (χ1) is 11.4. The van der Waals surface area contributed by atoms with E-state index in [9.17, 15) is 14.7 Å². The number of aromatic hydroxyl groups is 1. The largest absolute Gasteiger partial charge is 0.506 e. The van der Waals surface area contributed by atoms with E-state index in [0.29, 0.717) is 10.9 Å². The summed E-state index contributed by atoms with van der Waals surface area (Å²) in [4.78, 5) is 25.6. The fraction of sp³-hybridized carbons (Fsp3) is 0.312. The molecule has 3 heterocycles. The lowest BCUT2D eigenvalue weighted by molar-refractivity contribution is 0.102. The van der Waals surface area contributed by atoms with E-state index in [1.807, 2.05) is 32.9 Å². The predicted octanol–water partition coefficient (Wildman–Crippen LogP) is 1.30. The summed E-state index contributed by atoms with van der Waals surface area (Å²) in [5, 5.41) is 23.8. The minimum atomic E-state index is -0.751. The van der Waals surface area contributed by atoms with E-state index in [4.69, 9.17) is 0 Å². The Bertz CT molecular complexity index is 1050. The molecular formula is C16H15N5O3. The highest BCUT2D eigenvalue weighted by Gasteiger charge is 2.41. The molecule has 24 heavy (non-hydrogen) atoms. The molecule has 8 heteroatoms. The summed E-state index contributed by atoms with van der Waals surface area (Å²) in [6.45, 7) is 6.01. The zero-order valence-electron chi connectivity index (χ0n) is 13.4. The van der Waals surface area contributed by atoms with Crippen LogP contribution in [0.1, 0.15) is 48.6 Å². The lowest BCUT2D eigenvalue weighted by Gasteiger charge is -2.25. The average Bonchev–Trinajstić information content (AvgIpc) is 3.14. The third kappa shape index (κ3) is 1.60. The molecule has 1 atom stereocenters. The van der Waals surface area contributed by atoms with Crippen molar-refractivity contribution in [3.05, 3.63) is 45.5 Å². The van der Waals surface area contributed by atoms with E-state index in [1.165, 1.54) is 0 Å². The number of benzene rings is 1. The second kappa shape index (κ2) is 4.50. The third-order valence-corrected chi connectivity index (χ3v) is 5.10. The van der Waals surface area contributed by atoms with E-state index >= 15 is 0 Å². The zero-order chi connectivity index (χ0) is 17.2. The van der Waals surface area contributed by atoms with Gasteiger partial charge in [-0.05, 0) is 23.8 Å². The molecule has 0 saturated carbocycles. The van der Waals surface area contributed by atoms with Gasteiger partial charge < -0.3 is 9.67 Å². The topological polar surface area (TPSA) is 114 Å².